The van der Waals surface area contributed by atoms with Crippen molar-refractivity contribution in [3.05, 3.63) is 45.9 Å². The monoisotopic (exact) mass is 285 g/mol. The lowest BCUT2D eigenvalue weighted by Crippen LogP contribution is -2.31. The predicted octanol–water partition coefficient (Wildman–Crippen LogP) is 2.57. The number of benzene rings is 1. The van der Waals surface area contributed by atoms with Crippen molar-refractivity contribution in [1.82, 2.24) is 4.57 Å². The molecule has 7 heteroatoms. The van der Waals surface area contributed by atoms with Crippen LogP contribution in [-0.2, 0) is 6.54 Å². The van der Waals surface area contributed by atoms with Crippen molar-refractivity contribution < 1.29 is 23.1 Å². The smallest absolute Gasteiger partial charge is 0.406 e. The number of halogens is 3. The third-order valence-corrected chi connectivity index (χ3v) is 2.99. The molecule has 1 aromatic heterocycles. The Bertz CT molecular complexity index is 747. The fourth-order valence-corrected chi connectivity index (χ4v) is 2.15. The van der Waals surface area contributed by atoms with Gasteiger partial charge in [0.05, 0.1) is 5.56 Å². The number of carboxylic acid groups (broad SMARTS) is 1. The Morgan fingerprint density at radius 3 is 2.30 bits per heavy atom. The summed E-state index contributed by atoms with van der Waals surface area (Å²) in [4.78, 5) is 23.3. The normalized spacial score (nSPS) is 11.8. The number of rotatable bonds is 2. The van der Waals surface area contributed by atoms with Crippen LogP contribution in [0.25, 0.3) is 10.8 Å². The zero-order chi connectivity index (χ0) is 15.1. The molecule has 0 unspecified atom stereocenters. The molecule has 2 aromatic rings. The SMILES string of the molecule is Cc1c(C(=O)O)c2ccccc2c(=O)n1CC(F)(F)F. The zero-order valence-electron chi connectivity index (χ0n) is 10.4. The average Bonchev–Trinajstić information content (AvgIpc) is 2.33. The summed E-state index contributed by atoms with van der Waals surface area (Å²) in [5, 5.41) is 9.28. The third-order valence-electron chi connectivity index (χ3n) is 2.99. The van der Waals surface area contributed by atoms with Crippen LogP contribution < -0.4 is 5.56 Å². The number of hydrogen-bond donors (Lipinski definition) is 1. The lowest BCUT2D eigenvalue weighted by molar-refractivity contribution is -0.141. The summed E-state index contributed by atoms with van der Waals surface area (Å²) in [6.07, 6.45) is -4.60. The zero-order valence-corrected chi connectivity index (χ0v) is 10.4. The van der Waals surface area contributed by atoms with Crippen LogP contribution in [0, 0.1) is 6.92 Å². The number of fused-ring (bicyclic) bond motifs is 1. The van der Waals surface area contributed by atoms with Gasteiger partial charge in [0.1, 0.15) is 6.54 Å². The Labute approximate surface area is 111 Å². The highest BCUT2D eigenvalue weighted by molar-refractivity contribution is 6.04. The molecule has 1 aromatic carbocycles. The lowest BCUT2D eigenvalue weighted by Gasteiger charge is -2.16. The molecule has 106 valence electrons. The second kappa shape index (κ2) is 4.66. The minimum absolute atomic E-state index is 0.0419. The summed E-state index contributed by atoms with van der Waals surface area (Å²) < 4.78 is 38.0. The van der Waals surface area contributed by atoms with E-state index in [4.69, 9.17) is 0 Å². The van der Waals surface area contributed by atoms with E-state index in [1.165, 1.54) is 31.2 Å². The molecule has 0 saturated carbocycles. The van der Waals surface area contributed by atoms with Crippen LogP contribution in [0.15, 0.2) is 29.1 Å². The van der Waals surface area contributed by atoms with Gasteiger partial charge in [0.15, 0.2) is 0 Å². The van der Waals surface area contributed by atoms with Gasteiger partial charge in [-0.15, -0.1) is 0 Å². The Morgan fingerprint density at radius 2 is 1.80 bits per heavy atom. The Morgan fingerprint density at radius 1 is 1.25 bits per heavy atom. The molecule has 0 spiro atoms. The summed E-state index contributed by atoms with van der Waals surface area (Å²) in [5.74, 6) is -1.37. The van der Waals surface area contributed by atoms with E-state index in [1.54, 1.807) is 0 Å². The number of aromatic nitrogens is 1. The summed E-state index contributed by atoms with van der Waals surface area (Å²) >= 11 is 0. The first-order valence-corrected chi connectivity index (χ1v) is 5.64. The fourth-order valence-electron chi connectivity index (χ4n) is 2.15. The topological polar surface area (TPSA) is 59.3 Å². The van der Waals surface area contributed by atoms with Crippen LogP contribution >= 0.6 is 0 Å². The van der Waals surface area contributed by atoms with Gasteiger partial charge in [-0.05, 0) is 13.0 Å². The maximum atomic E-state index is 12.5. The van der Waals surface area contributed by atoms with Crippen LogP contribution in [0.3, 0.4) is 0 Å². The van der Waals surface area contributed by atoms with Gasteiger partial charge in [-0.1, -0.05) is 18.2 Å². The van der Waals surface area contributed by atoms with Gasteiger partial charge >= 0.3 is 12.1 Å². The molecule has 0 aliphatic rings. The molecular weight excluding hydrogens is 275 g/mol. The molecule has 0 bridgehead atoms. The van der Waals surface area contributed by atoms with E-state index in [2.05, 4.69) is 0 Å². The van der Waals surface area contributed by atoms with Gasteiger partial charge < -0.3 is 9.67 Å². The summed E-state index contributed by atoms with van der Waals surface area (Å²) in [6, 6.07) is 5.73. The summed E-state index contributed by atoms with van der Waals surface area (Å²) in [7, 11) is 0. The van der Waals surface area contributed by atoms with Gasteiger partial charge in [-0.3, -0.25) is 4.79 Å². The lowest BCUT2D eigenvalue weighted by atomic mass is 10.0. The van der Waals surface area contributed by atoms with Gasteiger partial charge in [0, 0.05) is 16.5 Å². The van der Waals surface area contributed by atoms with Crippen LogP contribution in [0.5, 0.6) is 0 Å². The van der Waals surface area contributed by atoms with Gasteiger partial charge in [0.2, 0.25) is 0 Å². The molecule has 0 amide bonds. The Kier molecular flexibility index (Phi) is 3.29. The van der Waals surface area contributed by atoms with Crippen molar-refractivity contribution in [3.8, 4) is 0 Å². The molecule has 0 fully saturated rings. The first-order valence-electron chi connectivity index (χ1n) is 5.64. The van der Waals surface area contributed by atoms with E-state index in [9.17, 15) is 27.9 Å². The molecule has 0 saturated heterocycles. The number of aromatic carboxylic acids is 1. The van der Waals surface area contributed by atoms with Crippen LogP contribution in [0.1, 0.15) is 16.1 Å². The number of alkyl halides is 3. The van der Waals surface area contributed by atoms with Crippen molar-refractivity contribution in [2.75, 3.05) is 0 Å². The number of carbonyl (C=O) groups is 1. The molecule has 0 atom stereocenters. The Hall–Kier alpha value is -2.31. The van der Waals surface area contributed by atoms with Crippen LogP contribution in [0.2, 0.25) is 0 Å². The molecule has 20 heavy (non-hydrogen) atoms. The summed E-state index contributed by atoms with van der Waals surface area (Å²) in [5.41, 5.74) is -1.34. The molecule has 0 aliphatic carbocycles. The summed E-state index contributed by atoms with van der Waals surface area (Å²) in [6.45, 7) is -0.314. The highest BCUT2D eigenvalue weighted by Crippen LogP contribution is 2.23. The second-order valence-electron chi connectivity index (χ2n) is 4.32. The largest absolute Gasteiger partial charge is 0.478 e. The molecule has 2 rings (SSSR count). The van der Waals surface area contributed by atoms with E-state index in [0.717, 1.165) is 0 Å². The average molecular weight is 285 g/mol. The quantitative estimate of drug-likeness (QED) is 0.922. The first kappa shape index (κ1) is 14.1. The van der Waals surface area contributed by atoms with Gasteiger partial charge in [-0.2, -0.15) is 13.2 Å². The maximum Gasteiger partial charge on any atom is 0.406 e. The predicted molar refractivity (Wildman–Crippen MR) is 66.0 cm³/mol. The van der Waals surface area contributed by atoms with E-state index in [-0.39, 0.29) is 22.0 Å². The van der Waals surface area contributed by atoms with E-state index < -0.39 is 24.2 Å². The first-order chi connectivity index (χ1) is 9.22. The van der Waals surface area contributed by atoms with Gasteiger partial charge in [0.25, 0.3) is 5.56 Å². The molecule has 0 radical (unpaired) electrons. The van der Waals surface area contributed by atoms with Crippen molar-refractivity contribution in [1.29, 1.82) is 0 Å². The molecule has 1 heterocycles. The molecule has 0 aliphatic heterocycles. The highest BCUT2D eigenvalue weighted by atomic mass is 19.4. The number of pyridine rings is 1. The number of nitrogens with zero attached hydrogens (tertiary/aromatic N) is 1. The highest BCUT2D eigenvalue weighted by Gasteiger charge is 2.31. The second-order valence-corrected chi connectivity index (χ2v) is 4.32. The van der Waals surface area contributed by atoms with Crippen molar-refractivity contribution in [2.24, 2.45) is 0 Å². The van der Waals surface area contributed by atoms with E-state index in [0.29, 0.717) is 4.57 Å². The van der Waals surface area contributed by atoms with E-state index in [1.807, 2.05) is 0 Å². The Balaban J connectivity index is 2.90. The number of hydrogen-bond acceptors (Lipinski definition) is 2. The fraction of sp³-hybridized carbons (Fsp3) is 0.231. The van der Waals surface area contributed by atoms with Crippen molar-refractivity contribution in [2.45, 2.75) is 19.6 Å². The maximum absolute atomic E-state index is 12.5. The van der Waals surface area contributed by atoms with E-state index >= 15 is 0 Å². The van der Waals surface area contributed by atoms with Gasteiger partial charge in [-0.25, -0.2) is 4.79 Å². The molecular formula is C13H10F3NO3. The van der Waals surface area contributed by atoms with Crippen LogP contribution in [-0.4, -0.2) is 21.8 Å². The number of carboxylic acids is 1. The van der Waals surface area contributed by atoms with Crippen molar-refractivity contribution in [3.63, 3.8) is 0 Å². The minimum atomic E-state index is -4.60. The molecule has 1 N–H and O–H groups in total. The van der Waals surface area contributed by atoms with Crippen molar-refractivity contribution >= 4 is 16.7 Å². The standard InChI is InChI=1S/C13H10F3NO3/c1-7-10(12(19)20)8-4-2-3-5-9(8)11(18)17(7)6-13(14,15)16/h2-5H,6H2,1H3,(H,19,20). The minimum Gasteiger partial charge on any atom is -0.478 e. The van der Waals surface area contributed by atoms with Crippen LogP contribution in [0.4, 0.5) is 13.2 Å². The third kappa shape index (κ3) is 2.38. The molecule has 4 nitrogen and oxygen atoms in total.